The minimum atomic E-state index is -0.000222. The minimum Gasteiger partial charge on any atom is -0.309 e. The van der Waals surface area contributed by atoms with Crippen LogP contribution in [-0.4, -0.2) is 0 Å². The number of benzene rings is 7. The molecule has 0 saturated heterocycles. The number of hydrogen-bond acceptors (Lipinski definition) is 2. The Hall–Kier alpha value is -5.31. The van der Waals surface area contributed by atoms with Crippen molar-refractivity contribution in [2.24, 2.45) is 23.7 Å². The van der Waals surface area contributed by atoms with Crippen molar-refractivity contribution in [3.05, 3.63) is 186 Å². The molecule has 1 spiro atoms. The van der Waals surface area contributed by atoms with E-state index in [1.54, 1.807) is 11.1 Å². The van der Waals surface area contributed by atoms with Crippen molar-refractivity contribution in [3.8, 4) is 33.4 Å². The van der Waals surface area contributed by atoms with Gasteiger partial charge in [0.25, 0.3) is 0 Å². The third-order valence-electron chi connectivity index (χ3n) is 16.4. The summed E-state index contributed by atoms with van der Waals surface area (Å²) in [5.74, 6) is 3.07. The molecule has 4 bridgehead atoms. The summed E-state index contributed by atoms with van der Waals surface area (Å²) in [6.07, 6.45) is 9.25. The second-order valence-electron chi connectivity index (χ2n) is 20.8. The number of rotatable bonds is 6. The van der Waals surface area contributed by atoms with Gasteiger partial charge in [0.2, 0.25) is 0 Å². The summed E-state index contributed by atoms with van der Waals surface area (Å²) in [7, 11) is 0. The number of anilines is 3. The molecule has 0 atom stereocenters. The van der Waals surface area contributed by atoms with Crippen LogP contribution in [0.25, 0.3) is 33.4 Å². The third-order valence-corrected chi connectivity index (χ3v) is 17.6. The van der Waals surface area contributed by atoms with Crippen molar-refractivity contribution < 1.29 is 0 Å². The SMILES string of the molecule is CC1(C)CCC(C)(C)c2cc(N(c3ccc(-c4ccccc4)cc3)c3c(-c4ccccc4)cc4c(c3-c3ccccc3)Sc3ccccc3C43C4CC5CC(C4)CC3C5)ccc21. The van der Waals surface area contributed by atoms with Gasteiger partial charge in [0.15, 0.2) is 0 Å². The summed E-state index contributed by atoms with van der Waals surface area (Å²) in [6.45, 7) is 9.82. The van der Waals surface area contributed by atoms with E-state index >= 15 is 0 Å². The van der Waals surface area contributed by atoms with Gasteiger partial charge in [-0.1, -0.05) is 167 Å². The molecule has 5 aliphatic carbocycles. The van der Waals surface area contributed by atoms with Gasteiger partial charge in [-0.05, 0) is 160 Å². The van der Waals surface area contributed by atoms with E-state index in [-0.39, 0.29) is 16.2 Å². The Morgan fingerprint density at radius 1 is 0.452 bits per heavy atom. The molecule has 13 rings (SSSR count). The molecule has 6 aliphatic rings. The average Bonchev–Trinajstić information content (AvgIpc) is 3.30. The molecule has 0 aromatic heterocycles. The van der Waals surface area contributed by atoms with Crippen LogP contribution in [0.15, 0.2) is 174 Å². The van der Waals surface area contributed by atoms with Gasteiger partial charge in [-0.3, -0.25) is 0 Å². The summed E-state index contributed by atoms with van der Waals surface area (Å²) in [6, 6.07) is 62.9. The first-order valence-corrected chi connectivity index (χ1v) is 24.2. The molecule has 1 nitrogen and oxygen atoms in total. The Labute approximate surface area is 373 Å². The van der Waals surface area contributed by atoms with Gasteiger partial charge in [0.05, 0.1) is 5.69 Å². The largest absolute Gasteiger partial charge is 0.309 e. The quantitative estimate of drug-likeness (QED) is 0.164. The predicted molar refractivity (Wildman–Crippen MR) is 261 cm³/mol. The van der Waals surface area contributed by atoms with Crippen LogP contribution in [0.4, 0.5) is 17.1 Å². The number of hydrogen-bond donors (Lipinski definition) is 0. The van der Waals surface area contributed by atoms with Crippen LogP contribution in [-0.2, 0) is 16.2 Å². The van der Waals surface area contributed by atoms with Gasteiger partial charge >= 0.3 is 0 Å². The summed E-state index contributed by atoms with van der Waals surface area (Å²) < 4.78 is 0. The summed E-state index contributed by atoms with van der Waals surface area (Å²) in [5, 5.41) is 0. The van der Waals surface area contributed by atoms with E-state index in [1.165, 1.54) is 116 Å². The highest BCUT2D eigenvalue weighted by Gasteiger charge is 2.61. The van der Waals surface area contributed by atoms with Crippen LogP contribution in [0, 0.1) is 23.7 Å². The van der Waals surface area contributed by atoms with E-state index in [9.17, 15) is 0 Å². The highest BCUT2D eigenvalue weighted by molar-refractivity contribution is 7.99. The van der Waals surface area contributed by atoms with E-state index < -0.39 is 0 Å². The van der Waals surface area contributed by atoms with E-state index in [4.69, 9.17) is 0 Å². The molecular weight excluding hydrogens is 767 g/mol. The molecule has 7 aromatic rings. The van der Waals surface area contributed by atoms with Crippen LogP contribution < -0.4 is 4.90 Å². The van der Waals surface area contributed by atoms with Crippen molar-refractivity contribution >= 4 is 28.8 Å². The molecule has 0 unspecified atom stereocenters. The highest BCUT2D eigenvalue weighted by Crippen LogP contribution is 2.70. The Morgan fingerprint density at radius 2 is 0.984 bits per heavy atom. The smallest absolute Gasteiger partial charge is 0.0630 e. The van der Waals surface area contributed by atoms with Gasteiger partial charge in [0, 0.05) is 37.7 Å². The first-order chi connectivity index (χ1) is 30.2. The van der Waals surface area contributed by atoms with Crippen molar-refractivity contribution in [3.63, 3.8) is 0 Å². The lowest BCUT2D eigenvalue weighted by molar-refractivity contribution is -0.0443. The third kappa shape index (κ3) is 5.88. The number of nitrogens with zero attached hydrogens (tertiary/aromatic N) is 1. The highest BCUT2D eigenvalue weighted by atomic mass is 32.2. The molecule has 7 aromatic carbocycles. The molecule has 1 aliphatic heterocycles. The van der Waals surface area contributed by atoms with E-state index in [0.717, 1.165) is 11.8 Å². The van der Waals surface area contributed by atoms with Crippen LogP contribution in [0.2, 0.25) is 0 Å². The molecule has 0 N–H and O–H groups in total. The molecule has 1 heterocycles. The second kappa shape index (κ2) is 14.4. The first-order valence-electron chi connectivity index (χ1n) is 23.4. The summed E-state index contributed by atoms with van der Waals surface area (Å²) >= 11 is 2.04. The van der Waals surface area contributed by atoms with Crippen LogP contribution in [0.1, 0.15) is 94.9 Å². The standard InChI is InChI=1S/C60H57NS/c1-58(2)30-31-59(3,4)52-37-48(28-29-50(52)58)61(47-26-24-42(25-27-47)41-16-8-5-9-17-41)56-49(43-18-10-6-11-19-43)38-53-57(55(56)44-20-12-7-13-21-44)62-54-23-15-14-22-51(54)60(53)45-33-39-32-40(35-45)36-46(60)34-39/h5-29,37-40,45-46H,30-36H2,1-4H3. The molecule has 0 amide bonds. The lowest BCUT2D eigenvalue weighted by Gasteiger charge is -2.63. The second-order valence-corrected chi connectivity index (χ2v) is 21.8. The van der Waals surface area contributed by atoms with Gasteiger partial charge in [-0.15, -0.1) is 0 Å². The zero-order chi connectivity index (χ0) is 41.8. The van der Waals surface area contributed by atoms with Crippen molar-refractivity contribution in [2.45, 2.75) is 98.7 Å². The lowest BCUT2D eigenvalue weighted by Crippen LogP contribution is -2.57. The predicted octanol–water partition coefficient (Wildman–Crippen LogP) is 16.7. The van der Waals surface area contributed by atoms with E-state index in [1.807, 2.05) is 11.8 Å². The van der Waals surface area contributed by atoms with Crippen molar-refractivity contribution in [2.75, 3.05) is 4.90 Å². The van der Waals surface area contributed by atoms with Gasteiger partial charge in [-0.2, -0.15) is 0 Å². The molecule has 62 heavy (non-hydrogen) atoms. The number of fused-ring (bicyclic) bond motifs is 3. The van der Waals surface area contributed by atoms with Crippen LogP contribution >= 0.6 is 11.8 Å². The molecule has 2 heteroatoms. The van der Waals surface area contributed by atoms with Gasteiger partial charge < -0.3 is 4.90 Å². The topological polar surface area (TPSA) is 3.24 Å². The zero-order valence-electron chi connectivity index (χ0n) is 36.7. The van der Waals surface area contributed by atoms with Crippen LogP contribution in [0.3, 0.4) is 0 Å². The Balaban J connectivity index is 1.20. The van der Waals surface area contributed by atoms with Gasteiger partial charge in [-0.25, -0.2) is 0 Å². The molecule has 0 radical (unpaired) electrons. The van der Waals surface area contributed by atoms with Crippen LogP contribution in [0.5, 0.6) is 0 Å². The van der Waals surface area contributed by atoms with Crippen molar-refractivity contribution in [1.29, 1.82) is 0 Å². The Bertz CT molecular complexity index is 2790. The Morgan fingerprint density at radius 3 is 1.63 bits per heavy atom. The molecular formula is C60H57NS. The molecule has 4 fully saturated rings. The average molecular weight is 824 g/mol. The van der Waals surface area contributed by atoms with E-state index in [2.05, 4.69) is 196 Å². The zero-order valence-corrected chi connectivity index (χ0v) is 37.5. The molecule has 308 valence electrons. The Kier molecular flexibility index (Phi) is 8.89. The normalized spacial score (nSPS) is 24.6. The minimum absolute atomic E-state index is 0.000222. The van der Waals surface area contributed by atoms with E-state index in [0.29, 0.717) is 11.8 Å². The molecule has 4 saturated carbocycles. The summed E-state index contributed by atoms with van der Waals surface area (Å²) in [4.78, 5) is 5.57. The first kappa shape index (κ1) is 38.4. The maximum atomic E-state index is 2.73. The fourth-order valence-electron chi connectivity index (χ4n) is 13.5. The monoisotopic (exact) mass is 823 g/mol. The van der Waals surface area contributed by atoms with Crippen molar-refractivity contribution in [1.82, 2.24) is 0 Å². The maximum absolute atomic E-state index is 2.73. The maximum Gasteiger partial charge on any atom is 0.0630 e. The van der Waals surface area contributed by atoms with Gasteiger partial charge in [0.1, 0.15) is 0 Å². The lowest BCUT2D eigenvalue weighted by atomic mass is 9.42. The summed E-state index contributed by atoms with van der Waals surface area (Å²) in [5.41, 5.74) is 17.7. The fraction of sp³-hybridized carbons (Fsp3) is 0.300. The fourth-order valence-corrected chi connectivity index (χ4v) is 14.9.